The summed E-state index contributed by atoms with van der Waals surface area (Å²) in [6.45, 7) is 18.5. The second-order valence-corrected chi connectivity index (χ2v) is 10.6. The van der Waals surface area contributed by atoms with E-state index in [2.05, 4.69) is 62.3 Å². The Kier molecular flexibility index (Phi) is 7.27. The molecule has 0 aliphatic rings. The Labute approximate surface area is 179 Å². The van der Waals surface area contributed by atoms with Crippen LogP contribution in [0.2, 0.25) is 0 Å². The molecule has 0 atom stereocenters. The van der Waals surface area contributed by atoms with Gasteiger partial charge in [-0.15, -0.1) is 0 Å². The molecule has 7 heteroatoms. The first-order valence-electron chi connectivity index (χ1n) is 9.88. The van der Waals surface area contributed by atoms with E-state index in [1.54, 1.807) is 12.3 Å². The van der Waals surface area contributed by atoms with Gasteiger partial charge >= 0.3 is 0 Å². The number of nitrogens with zero attached hydrogens (tertiary/aromatic N) is 2. The van der Waals surface area contributed by atoms with Crippen LogP contribution in [0.15, 0.2) is 23.3 Å². The Morgan fingerprint density at radius 3 is 1.87 bits per heavy atom. The fourth-order valence-corrected chi connectivity index (χ4v) is 2.92. The number of aromatic amines is 1. The van der Waals surface area contributed by atoms with E-state index in [0.717, 1.165) is 22.4 Å². The summed E-state index contributed by atoms with van der Waals surface area (Å²) >= 11 is 0. The number of H-pyrrole nitrogens is 1. The molecule has 0 spiro atoms. The average Bonchev–Trinajstić information content (AvgIpc) is 3.04. The van der Waals surface area contributed by atoms with E-state index in [-0.39, 0.29) is 27.6 Å². The number of hydrazone groups is 1. The van der Waals surface area contributed by atoms with Gasteiger partial charge in [0.1, 0.15) is 5.75 Å². The molecule has 166 valence electrons. The SMILES string of the molecule is CC(C)(C)c1cc(C(=O)N/N=C/c2cc(C(C)(C)C)c(O)c(C(C)(C)C)c2)n[nH]1.O. The topological polar surface area (TPSA) is 122 Å². The molecule has 0 fully saturated rings. The molecule has 7 nitrogen and oxygen atoms in total. The zero-order chi connectivity index (χ0) is 22.2. The highest BCUT2D eigenvalue weighted by atomic mass is 16.3. The maximum absolute atomic E-state index is 12.3. The minimum Gasteiger partial charge on any atom is -0.507 e. The Hall–Kier alpha value is -2.67. The van der Waals surface area contributed by atoms with Crippen LogP contribution >= 0.6 is 0 Å². The van der Waals surface area contributed by atoms with Crippen LogP contribution in [0.5, 0.6) is 5.75 Å². The molecule has 1 aromatic carbocycles. The summed E-state index contributed by atoms with van der Waals surface area (Å²) in [5.41, 5.74) is 5.65. The van der Waals surface area contributed by atoms with Gasteiger partial charge in [0.05, 0.1) is 6.21 Å². The third-order valence-corrected chi connectivity index (χ3v) is 4.75. The highest BCUT2D eigenvalue weighted by molar-refractivity contribution is 5.93. The van der Waals surface area contributed by atoms with Crippen LogP contribution in [0.25, 0.3) is 0 Å². The van der Waals surface area contributed by atoms with Gasteiger partial charge in [-0.3, -0.25) is 9.89 Å². The lowest BCUT2D eigenvalue weighted by atomic mass is 9.78. The summed E-state index contributed by atoms with van der Waals surface area (Å²) in [4.78, 5) is 12.3. The number of amides is 1. The summed E-state index contributed by atoms with van der Waals surface area (Å²) in [7, 11) is 0. The van der Waals surface area contributed by atoms with Crippen molar-refractivity contribution in [1.82, 2.24) is 15.6 Å². The van der Waals surface area contributed by atoms with Crippen molar-refractivity contribution >= 4 is 12.1 Å². The number of hydrogen-bond donors (Lipinski definition) is 3. The lowest BCUT2D eigenvalue weighted by Gasteiger charge is -2.27. The molecule has 2 aromatic rings. The Morgan fingerprint density at radius 1 is 0.967 bits per heavy atom. The van der Waals surface area contributed by atoms with E-state index in [1.807, 2.05) is 32.9 Å². The van der Waals surface area contributed by atoms with Crippen LogP contribution in [0.1, 0.15) is 95.2 Å². The molecule has 30 heavy (non-hydrogen) atoms. The fraction of sp³-hybridized carbons (Fsp3) is 0.522. The fourth-order valence-electron chi connectivity index (χ4n) is 2.92. The van der Waals surface area contributed by atoms with Gasteiger partial charge in [-0.1, -0.05) is 62.3 Å². The summed E-state index contributed by atoms with van der Waals surface area (Å²) in [5.74, 6) is -0.0590. The molecule has 1 heterocycles. The summed E-state index contributed by atoms with van der Waals surface area (Å²) in [6.07, 6.45) is 1.60. The Morgan fingerprint density at radius 2 is 1.47 bits per heavy atom. The number of phenolic OH excluding ortho intramolecular Hbond substituents is 1. The number of hydrogen-bond acceptors (Lipinski definition) is 4. The van der Waals surface area contributed by atoms with Gasteiger partial charge in [0.25, 0.3) is 5.91 Å². The van der Waals surface area contributed by atoms with E-state index in [0.29, 0.717) is 11.4 Å². The van der Waals surface area contributed by atoms with Crippen LogP contribution in [0.4, 0.5) is 0 Å². The predicted octanol–water partition coefficient (Wildman–Crippen LogP) is 3.95. The molecule has 0 aliphatic carbocycles. The second-order valence-electron chi connectivity index (χ2n) is 10.6. The molecule has 2 rings (SSSR count). The number of aromatic nitrogens is 2. The van der Waals surface area contributed by atoms with Gasteiger partial charge in [0.15, 0.2) is 5.69 Å². The quantitative estimate of drug-likeness (QED) is 0.518. The number of nitrogens with one attached hydrogen (secondary N) is 2. The average molecular weight is 417 g/mol. The smallest absolute Gasteiger partial charge is 0.291 e. The van der Waals surface area contributed by atoms with Crippen molar-refractivity contribution in [1.29, 1.82) is 0 Å². The Balaban J connectivity index is 0.00000450. The third-order valence-electron chi connectivity index (χ3n) is 4.75. The van der Waals surface area contributed by atoms with Gasteiger partial charge in [-0.2, -0.15) is 10.2 Å². The highest BCUT2D eigenvalue weighted by Crippen LogP contribution is 2.39. The number of phenols is 1. The number of carbonyl (C=O) groups excluding carboxylic acids is 1. The molecule has 0 saturated carbocycles. The maximum Gasteiger partial charge on any atom is 0.291 e. The van der Waals surface area contributed by atoms with Crippen molar-refractivity contribution in [3.63, 3.8) is 0 Å². The molecule has 1 aromatic heterocycles. The zero-order valence-electron chi connectivity index (χ0n) is 19.6. The molecular weight excluding hydrogens is 380 g/mol. The first kappa shape index (κ1) is 25.4. The van der Waals surface area contributed by atoms with E-state index in [1.165, 1.54) is 0 Å². The lowest BCUT2D eigenvalue weighted by Crippen LogP contribution is -2.19. The van der Waals surface area contributed by atoms with Crippen molar-refractivity contribution in [2.24, 2.45) is 5.10 Å². The maximum atomic E-state index is 12.3. The molecule has 5 N–H and O–H groups in total. The molecule has 0 radical (unpaired) electrons. The van der Waals surface area contributed by atoms with E-state index >= 15 is 0 Å². The van der Waals surface area contributed by atoms with Gasteiger partial charge in [0, 0.05) is 22.2 Å². The summed E-state index contributed by atoms with van der Waals surface area (Å²) < 4.78 is 0. The largest absolute Gasteiger partial charge is 0.507 e. The number of benzene rings is 1. The van der Waals surface area contributed by atoms with E-state index < -0.39 is 0 Å². The van der Waals surface area contributed by atoms with E-state index in [9.17, 15) is 9.90 Å². The van der Waals surface area contributed by atoms with Gasteiger partial charge in [-0.05, 0) is 34.6 Å². The van der Waals surface area contributed by atoms with Crippen LogP contribution in [0, 0.1) is 0 Å². The molecule has 1 amide bonds. The second kappa shape index (κ2) is 8.60. The minimum absolute atomic E-state index is 0. The van der Waals surface area contributed by atoms with Crippen molar-refractivity contribution in [2.45, 2.75) is 78.6 Å². The first-order chi connectivity index (χ1) is 13.1. The number of carbonyl (C=O) groups is 1. The van der Waals surface area contributed by atoms with Crippen LogP contribution in [-0.2, 0) is 16.2 Å². The Bertz CT molecular complexity index is 888. The van der Waals surface area contributed by atoms with E-state index in [4.69, 9.17) is 0 Å². The normalized spacial score (nSPS) is 12.7. The number of aromatic hydroxyl groups is 1. The van der Waals surface area contributed by atoms with Crippen molar-refractivity contribution < 1.29 is 15.4 Å². The molecule has 0 bridgehead atoms. The predicted molar refractivity (Wildman–Crippen MR) is 121 cm³/mol. The van der Waals surface area contributed by atoms with Gasteiger partial charge in [-0.25, -0.2) is 5.43 Å². The minimum atomic E-state index is -0.376. The van der Waals surface area contributed by atoms with Crippen LogP contribution < -0.4 is 5.43 Å². The summed E-state index contributed by atoms with van der Waals surface area (Å²) in [5, 5.41) is 21.9. The van der Waals surface area contributed by atoms with Crippen molar-refractivity contribution in [3.05, 3.63) is 46.3 Å². The molecule has 0 saturated heterocycles. The lowest BCUT2D eigenvalue weighted by molar-refractivity contribution is 0.0950. The monoisotopic (exact) mass is 416 g/mol. The van der Waals surface area contributed by atoms with Crippen LogP contribution in [-0.4, -0.2) is 32.9 Å². The molecule has 0 aliphatic heterocycles. The standard InChI is InChI=1S/C23H34N4O2.H2O/c1-21(2,3)15-10-14(11-16(19(15)28)22(4,5)6)13-24-27-20(29)17-12-18(26-25-17)23(7,8)9;/h10-13,28H,1-9H3,(H,25,26)(H,27,29);1H2/b24-13+;. The molecular formula is C23H36N4O3. The highest BCUT2D eigenvalue weighted by Gasteiger charge is 2.26. The van der Waals surface area contributed by atoms with Crippen LogP contribution in [0.3, 0.4) is 0 Å². The number of rotatable bonds is 3. The van der Waals surface area contributed by atoms with Crippen molar-refractivity contribution in [3.8, 4) is 5.75 Å². The van der Waals surface area contributed by atoms with Crippen molar-refractivity contribution in [2.75, 3.05) is 0 Å². The zero-order valence-corrected chi connectivity index (χ0v) is 19.6. The third kappa shape index (κ3) is 5.92. The summed E-state index contributed by atoms with van der Waals surface area (Å²) in [6, 6.07) is 5.56. The van der Waals surface area contributed by atoms with Gasteiger partial charge < -0.3 is 10.6 Å². The first-order valence-corrected chi connectivity index (χ1v) is 9.88. The van der Waals surface area contributed by atoms with Gasteiger partial charge in [0.2, 0.25) is 0 Å². The molecule has 0 unspecified atom stereocenters.